The van der Waals surface area contributed by atoms with E-state index in [1.165, 1.54) is 44.5 Å². The van der Waals surface area contributed by atoms with Crippen LogP contribution in [0, 0.1) is 0 Å². The van der Waals surface area contributed by atoms with E-state index in [-0.39, 0.29) is 12.0 Å². The molecule has 2 heterocycles. The summed E-state index contributed by atoms with van der Waals surface area (Å²) in [5.41, 5.74) is 15.1. The molecular formula is C45H30N2O. The second-order valence-corrected chi connectivity index (χ2v) is 12.7. The van der Waals surface area contributed by atoms with Crippen LogP contribution in [0.3, 0.4) is 0 Å². The third-order valence-electron chi connectivity index (χ3n) is 10.0. The summed E-state index contributed by atoms with van der Waals surface area (Å²) in [5, 5.41) is 5.92. The lowest BCUT2D eigenvalue weighted by atomic mass is 9.87. The molecule has 0 saturated carbocycles. The molecule has 0 amide bonds. The monoisotopic (exact) mass is 614 g/mol. The molecule has 2 aliphatic carbocycles. The number of amidine groups is 1. The Hall–Kier alpha value is -6.19. The average Bonchev–Trinajstić information content (AvgIpc) is 3.70. The molecule has 0 fully saturated rings. The quantitative estimate of drug-likeness (QED) is 0.214. The Labute approximate surface area is 278 Å². The van der Waals surface area contributed by atoms with Crippen molar-refractivity contribution in [2.45, 2.75) is 12.0 Å². The predicted molar refractivity (Wildman–Crippen MR) is 197 cm³/mol. The summed E-state index contributed by atoms with van der Waals surface area (Å²) in [5.74, 6) is 0.910. The predicted octanol–water partition coefficient (Wildman–Crippen LogP) is 10.7. The van der Waals surface area contributed by atoms with Crippen molar-refractivity contribution < 1.29 is 4.42 Å². The van der Waals surface area contributed by atoms with E-state index < -0.39 is 0 Å². The van der Waals surface area contributed by atoms with Crippen molar-refractivity contribution in [1.82, 2.24) is 5.32 Å². The van der Waals surface area contributed by atoms with Crippen molar-refractivity contribution in [1.29, 1.82) is 0 Å². The zero-order valence-electron chi connectivity index (χ0n) is 26.1. The van der Waals surface area contributed by atoms with Crippen LogP contribution in [0.15, 0.2) is 179 Å². The Kier molecular flexibility index (Phi) is 6.00. The molecule has 3 aliphatic rings. The van der Waals surface area contributed by atoms with Gasteiger partial charge in [0.25, 0.3) is 0 Å². The first-order valence-electron chi connectivity index (χ1n) is 16.5. The first-order valence-corrected chi connectivity index (χ1v) is 16.5. The number of para-hydroxylation sites is 1. The molecule has 1 aromatic heterocycles. The van der Waals surface area contributed by atoms with Crippen LogP contribution in [-0.4, -0.2) is 11.9 Å². The Morgan fingerprint density at radius 3 is 2.17 bits per heavy atom. The maximum absolute atomic E-state index is 6.87. The molecule has 2 atom stereocenters. The van der Waals surface area contributed by atoms with Gasteiger partial charge in [-0.25, -0.2) is 0 Å². The van der Waals surface area contributed by atoms with E-state index in [1.807, 2.05) is 0 Å². The number of hydrogen-bond acceptors (Lipinski definition) is 3. The molecule has 1 aliphatic heterocycles. The number of furan rings is 1. The minimum Gasteiger partial charge on any atom is -0.456 e. The van der Waals surface area contributed by atoms with E-state index >= 15 is 0 Å². The van der Waals surface area contributed by atoms with Crippen LogP contribution in [0.2, 0.25) is 0 Å². The summed E-state index contributed by atoms with van der Waals surface area (Å²) < 4.78 is 6.87. The average molecular weight is 615 g/mol. The van der Waals surface area contributed by atoms with Crippen LogP contribution in [0.1, 0.15) is 33.7 Å². The van der Waals surface area contributed by atoms with Crippen molar-refractivity contribution in [2.75, 3.05) is 0 Å². The van der Waals surface area contributed by atoms with Crippen LogP contribution < -0.4 is 5.32 Å². The molecule has 7 aromatic rings. The molecule has 3 heteroatoms. The van der Waals surface area contributed by atoms with Gasteiger partial charge in [-0.3, -0.25) is 4.99 Å². The highest BCUT2D eigenvalue weighted by Gasteiger charge is 2.32. The van der Waals surface area contributed by atoms with Gasteiger partial charge in [-0.1, -0.05) is 146 Å². The molecule has 0 bridgehead atoms. The molecule has 6 aromatic carbocycles. The third kappa shape index (κ3) is 4.18. The number of rotatable bonds is 4. The Morgan fingerprint density at radius 2 is 1.29 bits per heavy atom. The summed E-state index contributed by atoms with van der Waals surface area (Å²) in [4.78, 5) is 5.14. The van der Waals surface area contributed by atoms with E-state index in [4.69, 9.17) is 9.41 Å². The number of allylic oxidation sites excluding steroid dienone is 2. The standard InChI is InChI=1S/C45H30N2O/c1-3-12-28(13-4-1)30-22-24-33-32-16-7-8-17-35(32)42(39(33)26-30)38-20-11-19-36-34-25-23-31(27-41(34)48-44(36)38)45-46-40-21-10-9-18-37(40)43(47-45)29-14-5-2-6-15-29/h1-27,40,42H,(H,46,47)/t40?,42-/m1/s1. The van der Waals surface area contributed by atoms with Gasteiger partial charge in [0, 0.05) is 33.4 Å². The lowest BCUT2D eigenvalue weighted by Gasteiger charge is -2.27. The maximum atomic E-state index is 6.87. The smallest absolute Gasteiger partial charge is 0.139 e. The molecule has 48 heavy (non-hydrogen) atoms. The summed E-state index contributed by atoms with van der Waals surface area (Å²) in [7, 11) is 0. The van der Waals surface area contributed by atoms with Gasteiger partial charge in [0.05, 0.1) is 11.7 Å². The van der Waals surface area contributed by atoms with Gasteiger partial charge in [0.1, 0.15) is 17.0 Å². The number of nitrogens with one attached hydrogen (secondary N) is 1. The van der Waals surface area contributed by atoms with Gasteiger partial charge in [0.2, 0.25) is 0 Å². The fourth-order valence-electron chi connectivity index (χ4n) is 7.78. The van der Waals surface area contributed by atoms with E-state index in [0.29, 0.717) is 0 Å². The van der Waals surface area contributed by atoms with E-state index in [2.05, 4.69) is 169 Å². The third-order valence-corrected chi connectivity index (χ3v) is 10.0. The highest BCUT2D eigenvalue weighted by atomic mass is 16.3. The molecule has 1 N–H and O–H groups in total. The molecule has 3 nitrogen and oxygen atoms in total. The fourth-order valence-corrected chi connectivity index (χ4v) is 7.78. The van der Waals surface area contributed by atoms with Crippen molar-refractivity contribution in [3.63, 3.8) is 0 Å². The largest absolute Gasteiger partial charge is 0.456 e. The van der Waals surface area contributed by atoms with Crippen LogP contribution >= 0.6 is 0 Å². The van der Waals surface area contributed by atoms with Crippen LogP contribution in [-0.2, 0) is 0 Å². The minimum atomic E-state index is -0.0392. The molecule has 0 saturated heterocycles. The van der Waals surface area contributed by atoms with Crippen molar-refractivity contribution in [3.8, 4) is 22.3 Å². The molecular weight excluding hydrogens is 585 g/mol. The van der Waals surface area contributed by atoms with E-state index in [9.17, 15) is 0 Å². The normalized spacial score (nSPS) is 17.6. The number of benzene rings is 6. The lowest BCUT2D eigenvalue weighted by Crippen LogP contribution is -2.32. The fraction of sp³-hybridized carbons (Fsp3) is 0.0444. The van der Waals surface area contributed by atoms with Gasteiger partial charge >= 0.3 is 0 Å². The van der Waals surface area contributed by atoms with Crippen molar-refractivity contribution in [3.05, 3.63) is 197 Å². The minimum absolute atomic E-state index is 0.0392. The zero-order chi connectivity index (χ0) is 31.6. The van der Waals surface area contributed by atoms with Gasteiger partial charge in [0.15, 0.2) is 0 Å². The second-order valence-electron chi connectivity index (χ2n) is 12.7. The molecule has 0 spiro atoms. The topological polar surface area (TPSA) is 37.5 Å². The number of fused-ring (bicyclic) bond motifs is 7. The van der Waals surface area contributed by atoms with Crippen LogP contribution in [0.25, 0.3) is 49.9 Å². The van der Waals surface area contributed by atoms with Crippen LogP contribution in [0.5, 0.6) is 0 Å². The maximum Gasteiger partial charge on any atom is 0.139 e. The van der Waals surface area contributed by atoms with Gasteiger partial charge in [-0.15, -0.1) is 0 Å². The first-order chi connectivity index (χ1) is 23.8. The molecule has 1 unspecified atom stereocenters. The van der Waals surface area contributed by atoms with Gasteiger partial charge in [-0.2, -0.15) is 0 Å². The molecule has 226 valence electrons. The van der Waals surface area contributed by atoms with Gasteiger partial charge in [-0.05, 0) is 57.1 Å². The summed E-state index contributed by atoms with van der Waals surface area (Å²) in [6.45, 7) is 0. The Bertz CT molecular complexity index is 2530. The number of aliphatic imine (C=N–C) groups is 1. The van der Waals surface area contributed by atoms with Crippen molar-refractivity contribution >= 4 is 33.5 Å². The summed E-state index contributed by atoms with van der Waals surface area (Å²) >= 11 is 0. The highest BCUT2D eigenvalue weighted by molar-refractivity contribution is 6.11. The number of hydrogen-bond donors (Lipinski definition) is 1. The van der Waals surface area contributed by atoms with E-state index in [0.717, 1.165) is 44.6 Å². The first kappa shape index (κ1) is 27.0. The second kappa shape index (κ2) is 10.7. The number of nitrogens with zero attached hydrogens (tertiary/aromatic N) is 1. The molecule has 0 radical (unpaired) electrons. The Balaban J connectivity index is 1.10. The van der Waals surface area contributed by atoms with Crippen LogP contribution in [0.4, 0.5) is 0 Å². The molecule has 10 rings (SSSR count). The highest BCUT2D eigenvalue weighted by Crippen LogP contribution is 2.51. The SMILES string of the molecule is C1=CC2=C(c3ccccc3)NC(c3ccc4c(c3)oc3c([C@H]5c6ccccc6-c6ccc(-c7ccccc7)cc65)cccc34)=NC2C=C1. The zero-order valence-corrected chi connectivity index (χ0v) is 26.1. The van der Waals surface area contributed by atoms with E-state index in [1.54, 1.807) is 0 Å². The van der Waals surface area contributed by atoms with Crippen molar-refractivity contribution in [2.24, 2.45) is 4.99 Å². The summed E-state index contributed by atoms with van der Waals surface area (Å²) in [6.07, 6.45) is 8.48. The lowest BCUT2D eigenvalue weighted by molar-refractivity contribution is 0.661. The Morgan fingerprint density at radius 1 is 0.542 bits per heavy atom. The van der Waals surface area contributed by atoms with Gasteiger partial charge < -0.3 is 9.73 Å². The summed E-state index contributed by atoms with van der Waals surface area (Å²) in [6, 6.07) is 49.9.